The number of nitrogens with zero attached hydrogens (tertiary/aromatic N) is 4. The number of benzene rings is 2. The Labute approximate surface area is 214 Å². The van der Waals surface area contributed by atoms with Crippen molar-refractivity contribution in [3.05, 3.63) is 83.2 Å². The number of rotatable bonds is 6. The molecule has 10 heteroatoms. The summed E-state index contributed by atoms with van der Waals surface area (Å²) >= 11 is 1.45. The summed E-state index contributed by atoms with van der Waals surface area (Å²) in [5.74, 6) is -0.274. The number of carbonyl (C=O) groups excluding carboxylic acids is 1. The number of anilines is 1. The van der Waals surface area contributed by atoms with Crippen molar-refractivity contribution in [2.45, 2.75) is 25.3 Å². The number of hydrogen-bond donors (Lipinski definition) is 0. The monoisotopic (exact) mass is 522 g/mol. The minimum atomic E-state index is -3.64. The number of aromatic nitrogens is 2. The molecule has 1 amide bonds. The zero-order chi connectivity index (χ0) is 25.3. The average molecular weight is 523 g/mol. The molecular formula is C26H26N4O4S2. The third-order valence-electron chi connectivity index (χ3n) is 6.05. The smallest absolute Gasteiger partial charge is 0.260 e. The van der Waals surface area contributed by atoms with Crippen molar-refractivity contribution in [2.24, 2.45) is 0 Å². The van der Waals surface area contributed by atoms with Gasteiger partial charge in [0.25, 0.3) is 5.91 Å². The molecule has 1 fully saturated rings. The van der Waals surface area contributed by atoms with Crippen LogP contribution in [0.2, 0.25) is 0 Å². The van der Waals surface area contributed by atoms with E-state index in [0.29, 0.717) is 37.0 Å². The van der Waals surface area contributed by atoms with E-state index >= 15 is 0 Å². The maximum atomic E-state index is 13.7. The molecule has 8 nitrogen and oxygen atoms in total. The Kier molecular flexibility index (Phi) is 6.85. The second-order valence-electron chi connectivity index (χ2n) is 8.68. The summed E-state index contributed by atoms with van der Waals surface area (Å²) in [4.78, 5) is 24.7. The highest BCUT2D eigenvalue weighted by Crippen LogP contribution is 2.33. The minimum absolute atomic E-state index is 0.156. The van der Waals surface area contributed by atoms with Gasteiger partial charge in [-0.2, -0.15) is 4.31 Å². The number of amides is 1. The average Bonchev–Trinajstić information content (AvgIpc) is 3.32. The summed E-state index contributed by atoms with van der Waals surface area (Å²) in [6, 6.07) is 15.8. The zero-order valence-electron chi connectivity index (χ0n) is 20.0. The van der Waals surface area contributed by atoms with Crippen LogP contribution >= 0.6 is 11.3 Å². The highest BCUT2D eigenvalue weighted by molar-refractivity contribution is 7.89. The van der Waals surface area contributed by atoms with E-state index in [1.807, 2.05) is 32.0 Å². The second-order valence-corrected chi connectivity index (χ2v) is 11.6. The molecule has 186 valence electrons. The van der Waals surface area contributed by atoms with E-state index < -0.39 is 10.0 Å². The molecule has 1 saturated heterocycles. The van der Waals surface area contributed by atoms with Crippen LogP contribution in [0, 0.1) is 13.8 Å². The second kappa shape index (κ2) is 10.1. The van der Waals surface area contributed by atoms with Crippen LogP contribution in [-0.4, -0.2) is 54.9 Å². The van der Waals surface area contributed by atoms with Gasteiger partial charge in [0, 0.05) is 24.8 Å². The standard InChI is InChI=1S/C26H26N4O4S2/c1-18-15-19(2)24-23(16-18)35-26(28-24)30(17-21-5-3-4-10-27-21)25(31)20-6-8-22(9-7-20)36(32,33)29-11-13-34-14-12-29/h3-10,15-16H,11-14,17H2,1-2H3. The van der Waals surface area contributed by atoms with E-state index in [-0.39, 0.29) is 17.3 Å². The number of morpholine rings is 1. The van der Waals surface area contributed by atoms with Gasteiger partial charge in [-0.05, 0) is 67.4 Å². The molecule has 4 aromatic rings. The first-order valence-corrected chi connectivity index (χ1v) is 13.9. The maximum Gasteiger partial charge on any atom is 0.260 e. The van der Waals surface area contributed by atoms with Crippen molar-refractivity contribution in [3.63, 3.8) is 0 Å². The Balaban J connectivity index is 1.49. The molecule has 5 rings (SSSR count). The highest BCUT2D eigenvalue weighted by Gasteiger charge is 2.27. The Hall–Kier alpha value is -3.18. The fourth-order valence-electron chi connectivity index (χ4n) is 4.22. The molecule has 0 radical (unpaired) electrons. The van der Waals surface area contributed by atoms with Crippen LogP contribution in [-0.2, 0) is 21.3 Å². The summed E-state index contributed by atoms with van der Waals surface area (Å²) < 4.78 is 33.6. The van der Waals surface area contributed by atoms with E-state index in [0.717, 1.165) is 27.0 Å². The van der Waals surface area contributed by atoms with Crippen molar-refractivity contribution < 1.29 is 17.9 Å². The van der Waals surface area contributed by atoms with Crippen LogP contribution < -0.4 is 4.90 Å². The van der Waals surface area contributed by atoms with E-state index in [4.69, 9.17) is 9.72 Å². The molecule has 0 spiro atoms. The zero-order valence-corrected chi connectivity index (χ0v) is 21.7. The van der Waals surface area contributed by atoms with E-state index in [9.17, 15) is 13.2 Å². The van der Waals surface area contributed by atoms with Gasteiger partial charge in [0.2, 0.25) is 10.0 Å². The molecule has 3 heterocycles. The van der Waals surface area contributed by atoms with Gasteiger partial charge in [-0.1, -0.05) is 23.5 Å². The van der Waals surface area contributed by atoms with Gasteiger partial charge in [-0.25, -0.2) is 13.4 Å². The van der Waals surface area contributed by atoms with Crippen molar-refractivity contribution in [1.29, 1.82) is 0 Å². The van der Waals surface area contributed by atoms with Crippen LogP contribution in [0.3, 0.4) is 0 Å². The lowest BCUT2D eigenvalue weighted by molar-refractivity contribution is 0.0730. The van der Waals surface area contributed by atoms with Crippen molar-refractivity contribution in [1.82, 2.24) is 14.3 Å². The maximum absolute atomic E-state index is 13.7. The normalized spacial score (nSPS) is 14.7. The number of carbonyl (C=O) groups is 1. The molecular weight excluding hydrogens is 496 g/mol. The first kappa shape index (κ1) is 24.5. The lowest BCUT2D eigenvalue weighted by Crippen LogP contribution is -2.40. The number of sulfonamides is 1. The molecule has 0 atom stereocenters. The molecule has 0 aliphatic carbocycles. The van der Waals surface area contributed by atoms with Crippen LogP contribution in [0.4, 0.5) is 5.13 Å². The molecule has 0 bridgehead atoms. The fourth-order valence-corrected chi connectivity index (χ4v) is 6.76. The van der Waals surface area contributed by atoms with Gasteiger partial charge < -0.3 is 4.74 Å². The fraction of sp³-hybridized carbons (Fsp3) is 0.269. The lowest BCUT2D eigenvalue weighted by Gasteiger charge is -2.26. The molecule has 2 aromatic carbocycles. The number of hydrogen-bond acceptors (Lipinski definition) is 7. The van der Waals surface area contributed by atoms with Crippen LogP contribution in [0.5, 0.6) is 0 Å². The van der Waals surface area contributed by atoms with Crippen molar-refractivity contribution in [3.8, 4) is 0 Å². The summed E-state index contributed by atoms with van der Waals surface area (Å²) in [6.07, 6.45) is 1.69. The molecule has 0 unspecified atom stereocenters. The molecule has 1 aliphatic rings. The van der Waals surface area contributed by atoms with Gasteiger partial charge in [0.1, 0.15) is 0 Å². The minimum Gasteiger partial charge on any atom is -0.379 e. The Morgan fingerprint density at radius 3 is 2.53 bits per heavy atom. The summed E-state index contributed by atoms with van der Waals surface area (Å²) in [5.41, 5.74) is 4.15. The Morgan fingerprint density at radius 1 is 1.08 bits per heavy atom. The molecule has 1 aliphatic heterocycles. The van der Waals surface area contributed by atoms with Gasteiger partial charge in [-0.15, -0.1) is 0 Å². The van der Waals surface area contributed by atoms with Crippen molar-refractivity contribution >= 4 is 42.6 Å². The number of fused-ring (bicyclic) bond motifs is 1. The van der Waals surface area contributed by atoms with Crippen LogP contribution in [0.25, 0.3) is 10.2 Å². The summed E-state index contributed by atoms with van der Waals surface area (Å²) in [6.45, 7) is 5.67. The Bertz CT molecular complexity index is 1500. The topological polar surface area (TPSA) is 92.7 Å². The quantitative estimate of drug-likeness (QED) is 0.377. The summed E-state index contributed by atoms with van der Waals surface area (Å²) in [7, 11) is -3.64. The molecule has 36 heavy (non-hydrogen) atoms. The largest absolute Gasteiger partial charge is 0.379 e. The first-order valence-electron chi connectivity index (χ1n) is 11.6. The number of ether oxygens (including phenoxy) is 1. The van der Waals surface area contributed by atoms with E-state index in [1.165, 1.54) is 27.8 Å². The van der Waals surface area contributed by atoms with Gasteiger partial charge in [0.15, 0.2) is 5.13 Å². The van der Waals surface area contributed by atoms with E-state index in [1.54, 1.807) is 23.2 Å². The van der Waals surface area contributed by atoms with Crippen molar-refractivity contribution in [2.75, 3.05) is 31.2 Å². The van der Waals surface area contributed by atoms with Gasteiger partial charge in [-0.3, -0.25) is 14.7 Å². The predicted molar refractivity (Wildman–Crippen MR) is 140 cm³/mol. The Morgan fingerprint density at radius 2 is 1.83 bits per heavy atom. The third kappa shape index (κ3) is 4.90. The molecule has 2 aromatic heterocycles. The highest BCUT2D eigenvalue weighted by atomic mass is 32.2. The van der Waals surface area contributed by atoms with Gasteiger partial charge >= 0.3 is 0 Å². The number of aryl methyl sites for hydroxylation is 2. The number of thiazole rings is 1. The van der Waals surface area contributed by atoms with Gasteiger partial charge in [0.05, 0.1) is 40.6 Å². The third-order valence-corrected chi connectivity index (χ3v) is 8.99. The summed E-state index contributed by atoms with van der Waals surface area (Å²) in [5, 5.41) is 0.569. The molecule has 0 saturated carbocycles. The SMILES string of the molecule is Cc1cc(C)c2nc(N(Cc3ccccn3)C(=O)c3ccc(S(=O)(=O)N4CCOCC4)cc3)sc2c1. The van der Waals surface area contributed by atoms with Crippen LogP contribution in [0.1, 0.15) is 27.2 Å². The first-order chi connectivity index (χ1) is 17.3. The lowest BCUT2D eigenvalue weighted by atomic mass is 10.1. The predicted octanol–water partition coefficient (Wildman–Crippen LogP) is 4.18. The van der Waals surface area contributed by atoms with Crippen LogP contribution in [0.15, 0.2) is 65.7 Å². The molecule has 0 N–H and O–H groups in total. The number of pyridine rings is 1. The van der Waals surface area contributed by atoms with E-state index in [2.05, 4.69) is 17.1 Å².